The van der Waals surface area contributed by atoms with Crippen LogP contribution in [0.3, 0.4) is 0 Å². The summed E-state index contributed by atoms with van der Waals surface area (Å²) >= 11 is 0. The maximum Gasteiger partial charge on any atom is 0.256 e. The lowest BCUT2D eigenvalue weighted by molar-refractivity contribution is -0.473. The molecule has 1 aliphatic rings. The molecule has 0 amide bonds. The fraction of sp³-hybridized carbons (Fsp3) is 0.182. The van der Waals surface area contributed by atoms with E-state index in [0.717, 1.165) is 23.5 Å². The molecule has 0 bridgehead atoms. The third-order valence-electron chi connectivity index (χ3n) is 9.36. The van der Waals surface area contributed by atoms with E-state index in [2.05, 4.69) is 121 Å². The summed E-state index contributed by atoms with van der Waals surface area (Å²) in [6, 6.07) is 63.5. The fourth-order valence-electron chi connectivity index (χ4n) is 6.99. The van der Waals surface area contributed by atoms with Crippen LogP contribution in [0.2, 0.25) is 0 Å². The molecule has 0 saturated carbocycles. The molecule has 0 spiro atoms. The minimum Gasteiger partial charge on any atom is -0.345 e. The van der Waals surface area contributed by atoms with E-state index in [1.807, 2.05) is 60.7 Å². The van der Waals surface area contributed by atoms with Crippen molar-refractivity contribution in [2.75, 3.05) is 26.5 Å². The van der Waals surface area contributed by atoms with Crippen LogP contribution in [-0.4, -0.2) is 38.8 Å². The minimum atomic E-state index is -1.41. The number of methoxy groups -OCH3 is 2. The Labute approximate surface area is 298 Å². The zero-order valence-corrected chi connectivity index (χ0v) is 30.2. The molecule has 4 atom stereocenters. The van der Waals surface area contributed by atoms with E-state index < -0.39 is 27.4 Å². The molecule has 0 unspecified atom stereocenters. The summed E-state index contributed by atoms with van der Waals surface area (Å²) in [5, 5.41) is 5.16. The lowest BCUT2D eigenvalue weighted by Crippen LogP contribution is -2.65. The van der Waals surface area contributed by atoms with Gasteiger partial charge in [-0.1, -0.05) is 182 Å². The first kappa shape index (κ1) is 34.5. The predicted octanol–water partition coefficient (Wildman–Crippen LogP) is 8.04. The molecule has 1 aliphatic heterocycles. The van der Waals surface area contributed by atoms with Crippen LogP contribution in [0.5, 0.6) is 0 Å². The first-order valence-corrected chi connectivity index (χ1v) is 20.0. The largest absolute Gasteiger partial charge is 0.345 e. The number of benzene rings is 6. The molecule has 6 aromatic carbocycles. The molecule has 1 heterocycles. The van der Waals surface area contributed by atoms with Crippen molar-refractivity contribution in [2.24, 2.45) is 0 Å². The summed E-state index contributed by atoms with van der Waals surface area (Å²) in [7, 11) is 1.73. The Kier molecular flexibility index (Phi) is 11.0. The number of hydrogen-bond acceptors (Lipinski definition) is 4. The molecule has 0 N–H and O–H groups in total. The van der Waals surface area contributed by atoms with E-state index in [0.29, 0.717) is 0 Å². The van der Waals surface area contributed by atoms with Crippen LogP contribution in [-0.2, 0) is 30.5 Å². The Morgan fingerprint density at radius 1 is 0.400 bits per heavy atom. The fourth-order valence-corrected chi connectivity index (χ4v) is 11.9. The first-order valence-electron chi connectivity index (χ1n) is 17.0. The molecule has 6 heteroatoms. The van der Waals surface area contributed by atoms with E-state index in [-0.39, 0.29) is 12.2 Å². The van der Waals surface area contributed by atoms with Gasteiger partial charge in [-0.2, -0.15) is 0 Å². The van der Waals surface area contributed by atoms with Gasteiger partial charge in [-0.3, -0.25) is 0 Å². The topological polar surface area (TPSA) is 36.9 Å². The van der Waals surface area contributed by atoms with E-state index in [1.165, 1.54) is 21.2 Å². The molecular formula is C44H42O4P2. The third kappa shape index (κ3) is 6.85. The van der Waals surface area contributed by atoms with Crippen molar-refractivity contribution in [1.82, 2.24) is 0 Å². The normalized spacial score (nSPS) is 22.1. The van der Waals surface area contributed by atoms with Gasteiger partial charge >= 0.3 is 0 Å². The van der Waals surface area contributed by atoms with E-state index in [9.17, 15) is 0 Å². The Balaban J connectivity index is 1.41. The van der Waals surface area contributed by atoms with Gasteiger partial charge in [0.2, 0.25) is 0 Å². The molecule has 0 aromatic heterocycles. The average Bonchev–Trinajstić information content (AvgIpc) is 3.21. The summed E-state index contributed by atoms with van der Waals surface area (Å²) in [5.74, 6) is -2.83. The van der Waals surface area contributed by atoms with Crippen LogP contribution in [0.1, 0.15) is 11.1 Å². The number of rotatable bonds is 12. The smallest absolute Gasteiger partial charge is 0.256 e. The van der Waals surface area contributed by atoms with Crippen LogP contribution >= 0.6 is 15.8 Å². The molecule has 252 valence electrons. The van der Waals surface area contributed by atoms with Crippen molar-refractivity contribution < 1.29 is 18.9 Å². The lowest BCUT2D eigenvalue weighted by Gasteiger charge is -2.55. The molecule has 0 radical (unpaired) electrons. The Morgan fingerprint density at radius 3 is 0.880 bits per heavy atom. The summed E-state index contributed by atoms with van der Waals surface area (Å²) in [5.41, 5.74) is 1.66. The SMILES string of the molecule is CO[C@]1(c2ccccc2)O[C@H](CP(c2ccccc2)c2ccccc2)[C@@H](CP(c2ccccc2)c2ccccc2)O[C@]1(OC)c1ccccc1. The van der Waals surface area contributed by atoms with Gasteiger partial charge in [0.25, 0.3) is 11.6 Å². The van der Waals surface area contributed by atoms with Crippen LogP contribution in [0.4, 0.5) is 0 Å². The van der Waals surface area contributed by atoms with Crippen LogP contribution in [0.15, 0.2) is 182 Å². The highest BCUT2D eigenvalue weighted by Gasteiger charge is 2.64. The van der Waals surface area contributed by atoms with Crippen molar-refractivity contribution >= 4 is 37.1 Å². The highest BCUT2D eigenvalue weighted by Crippen LogP contribution is 2.55. The molecule has 50 heavy (non-hydrogen) atoms. The molecular weight excluding hydrogens is 654 g/mol. The van der Waals surface area contributed by atoms with E-state index in [1.54, 1.807) is 14.2 Å². The summed E-state index contributed by atoms with van der Waals surface area (Å²) < 4.78 is 28.4. The van der Waals surface area contributed by atoms with Gasteiger partial charge < -0.3 is 18.9 Å². The van der Waals surface area contributed by atoms with Gasteiger partial charge in [0.1, 0.15) is 0 Å². The number of ether oxygens (including phenoxy) is 4. The van der Waals surface area contributed by atoms with Crippen molar-refractivity contribution in [3.63, 3.8) is 0 Å². The monoisotopic (exact) mass is 696 g/mol. The lowest BCUT2D eigenvalue weighted by atomic mass is 9.88. The maximum atomic E-state index is 7.58. The van der Waals surface area contributed by atoms with E-state index in [4.69, 9.17) is 18.9 Å². The molecule has 6 aromatic rings. The molecule has 4 nitrogen and oxygen atoms in total. The zero-order valence-electron chi connectivity index (χ0n) is 28.4. The first-order chi connectivity index (χ1) is 24.7. The number of hydrogen-bond donors (Lipinski definition) is 0. The Bertz CT molecular complexity index is 1680. The van der Waals surface area contributed by atoms with Gasteiger partial charge in [0, 0.05) is 37.7 Å². The van der Waals surface area contributed by atoms with E-state index >= 15 is 0 Å². The second kappa shape index (κ2) is 15.9. The highest BCUT2D eigenvalue weighted by molar-refractivity contribution is 7.73. The highest BCUT2D eigenvalue weighted by atomic mass is 31.1. The van der Waals surface area contributed by atoms with Crippen LogP contribution in [0.25, 0.3) is 0 Å². The third-order valence-corrected chi connectivity index (χ3v) is 14.5. The summed E-state index contributed by atoms with van der Waals surface area (Å²) in [6.07, 6.45) is 0.748. The second-order valence-electron chi connectivity index (χ2n) is 12.2. The quantitative estimate of drug-likeness (QED) is 0.122. The second-order valence-corrected chi connectivity index (χ2v) is 16.8. The predicted molar refractivity (Wildman–Crippen MR) is 208 cm³/mol. The van der Waals surface area contributed by atoms with Crippen LogP contribution in [0, 0.1) is 0 Å². The molecule has 1 saturated heterocycles. The average molecular weight is 697 g/mol. The molecule has 1 fully saturated rings. The molecule has 7 rings (SSSR count). The van der Waals surface area contributed by atoms with Gasteiger partial charge in [-0.25, -0.2) is 0 Å². The maximum absolute atomic E-state index is 7.58. The van der Waals surface area contributed by atoms with Crippen molar-refractivity contribution in [3.8, 4) is 0 Å². The Morgan fingerprint density at radius 2 is 0.640 bits per heavy atom. The zero-order chi connectivity index (χ0) is 34.2. The molecule has 0 aliphatic carbocycles. The van der Waals surface area contributed by atoms with Gasteiger partial charge in [0.05, 0.1) is 12.2 Å². The summed E-state index contributed by atoms with van der Waals surface area (Å²) in [4.78, 5) is 0. The van der Waals surface area contributed by atoms with Gasteiger partial charge in [-0.05, 0) is 37.1 Å². The minimum absolute atomic E-state index is 0.355. The van der Waals surface area contributed by atoms with Crippen molar-refractivity contribution in [3.05, 3.63) is 193 Å². The van der Waals surface area contributed by atoms with Gasteiger partial charge in [-0.15, -0.1) is 0 Å². The standard InChI is InChI=1S/C44H42O4P2/c1-45-43(35-21-9-3-10-22-35)44(46-2,36-23-11-4-12-24-36)48-42(34-50(39-29-17-7-18-30-39)40-31-19-8-20-32-40)41(47-43)33-49(37-25-13-5-14-26-37)38-27-15-6-16-28-38/h3-32,41-42H,33-34H2,1-2H3/t41-,42-,43-,44-/m1/s1. The van der Waals surface area contributed by atoms with Gasteiger partial charge in [0.15, 0.2) is 0 Å². The summed E-state index contributed by atoms with van der Waals surface area (Å²) in [6.45, 7) is 0. The van der Waals surface area contributed by atoms with Crippen molar-refractivity contribution in [1.29, 1.82) is 0 Å². The van der Waals surface area contributed by atoms with Crippen LogP contribution < -0.4 is 21.2 Å². The van der Waals surface area contributed by atoms with Crippen molar-refractivity contribution in [2.45, 2.75) is 23.8 Å². The Hall–Kier alpha value is -3.98.